The Hall–Kier alpha value is -1.52. The van der Waals surface area contributed by atoms with Crippen LogP contribution in [-0.2, 0) is 12.8 Å². The van der Waals surface area contributed by atoms with E-state index in [1.165, 1.54) is 66.6 Å². The average Bonchev–Trinajstić information content (AvgIpc) is 3.12. The van der Waals surface area contributed by atoms with Gasteiger partial charge in [0.25, 0.3) is 0 Å². The first-order valence-electron chi connectivity index (χ1n) is 10.1. The molecule has 2 aliphatic rings. The van der Waals surface area contributed by atoms with Crippen molar-refractivity contribution >= 4 is 21.6 Å². The van der Waals surface area contributed by atoms with E-state index in [0.717, 1.165) is 18.1 Å². The molecule has 2 heterocycles. The average molecular weight is 429 g/mol. The van der Waals surface area contributed by atoms with Gasteiger partial charge in [0.05, 0.1) is 7.11 Å². The summed E-state index contributed by atoms with van der Waals surface area (Å²) in [6.45, 7) is 3.67. The van der Waals surface area contributed by atoms with Crippen molar-refractivity contribution in [2.24, 2.45) is 5.92 Å². The first-order valence-corrected chi connectivity index (χ1v) is 10.9. The number of halogens is 1. The lowest BCUT2D eigenvalue weighted by molar-refractivity contribution is 0.180. The Balaban J connectivity index is 1.22. The van der Waals surface area contributed by atoms with Gasteiger partial charge in [0.15, 0.2) is 0 Å². The first kappa shape index (κ1) is 18.8. The molecule has 1 atom stereocenters. The van der Waals surface area contributed by atoms with Crippen LogP contribution in [0.25, 0.3) is 0 Å². The lowest BCUT2D eigenvalue weighted by atomic mass is 9.90. The molecule has 27 heavy (non-hydrogen) atoms. The summed E-state index contributed by atoms with van der Waals surface area (Å²) in [4.78, 5) is 2.65. The Morgan fingerprint density at radius 3 is 2.74 bits per heavy atom. The number of nitrogens with zero attached hydrogens (tertiary/aromatic N) is 1. The molecule has 0 spiro atoms. The molecule has 1 N–H and O–H groups in total. The molecule has 1 fully saturated rings. The molecule has 144 valence electrons. The van der Waals surface area contributed by atoms with E-state index in [0.29, 0.717) is 6.04 Å². The number of hydrogen-bond donors (Lipinski definition) is 1. The van der Waals surface area contributed by atoms with E-state index in [9.17, 15) is 0 Å². The quantitative estimate of drug-likeness (QED) is 0.688. The van der Waals surface area contributed by atoms with E-state index in [2.05, 4.69) is 62.5 Å². The third-order valence-corrected chi connectivity index (χ3v) is 6.88. The predicted molar refractivity (Wildman–Crippen MR) is 116 cm³/mol. The first-order chi connectivity index (χ1) is 13.2. The molecule has 0 amide bonds. The summed E-state index contributed by atoms with van der Waals surface area (Å²) in [6, 6.07) is 15.6. The van der Waals surface area contributed by atoms with E-state index in [1.807, 2.05) is 6.07 Å². The van der Waals surface area contributed by atoms with Crippen molar-refractivity contribution in [2.45, 2.75) is 38.1 Å². The van der Waals surface area contributed by atoms with Crippen molar-refractivity contribution in [1.82, 2.24) is 4.90 Å². The fraction of sp³-hybridized carbons (Fsp3) is 0.478. The number of para-hydroxylation sites is 1. The van der Waals surface area contributed by atoms with Crippen LogP contribution in [0.3, 0.4) is 0 Å². The standard InChI is InChI=1S/C23H29BrN2O/c1-27-21-6-7-22(24)19(16-21)14-17-8-11-26(12-9-17)13-10-20-15-18-4-2-3-5-23(18)25-20/h2-7,16-17,20,25H,8-15H2,1H3. The molecule has 2 aromatic carbocycles. The molecule has 1 saturated heterocycles. The van der Waals surface area contributed by atoms with Gasteiger partial charge in [0.2, 0.25) is 0 Å². The molecule has 2 aromatic rings. The van der Waals surface area contributed by atoms with Crippen LogP contribution in [-0.4, -0.2) is 37.7 Å². The molecule has 0 aromatic heterocycles. The molecule has 0 aliphatic carbocycles. The predicted octanol–water partition coefficient (Wildman–Crippen LogP) is 5.14. The second-order valence-corrected chi connectivity index (χ2v) is 8.79. The van der Waals surface area contributed by atoms with Crippen LogP contribution in [0.2, 0.25) is 0 Å². The van der Waals surface area contributed by atoms with Crippen LogP contribution in [0.1, 0.15) is 30.4 Å². The molecular formula is C23H29BrN2O. The molecule has 4 heteroatoms. The highest BCUT2D eigenvalue weighted by atomic mass is 79.9. The Kier molecular flexibility index (Phi) is 6.04. The fourth-order valence-corrected chi connectivity index (χ4v) is 4.86. The maximum absolute atomic E-state index is 5.39. The summed E-state index contributed by atoms with van der Waals surface area (Å²) < 4.78 is 6.59. The maximum atomic E-state index is 5.39. The highest BCUT2D eigenvalue weighted by molar-refractivity contribution is 9.10. The maximum Gasteiger partial charge on any atom is 0.119 e. The number of ether oxygens (including phenoxy) is 1. The zero-order chi connectivity index (χ0) is 18.6. The minimum Gasteiger partial charge on any atom is -0.497 e. The van der Waals surface area contributed by atoms with Crippen molar-refractivity contribution in [1.29, 1.82) is 0 Å². The Morgan fingerprint density at radius 2 is 1.96 bits per heavy atom. The van der Waals surface area contributed by atoms with Gasteiger partial charge in [-0.1, -0.05) is 34.1 Å². The second kappa shape index (κ2) is 8.66. The van der Waals surface area contributed by atoms with E-state index < -0.39 is 0 Å². The second-order valence-electron chi connectivity index (χ2n) is 7.94. The number of anilines is 1. The van der Waals surface area contributed by atoms with E-state index in [-0.39, 0.29) is 0 Å². The molecule has 2 aliphatic heterocycles. The number of rotatable bonds is 6. The smallest absolute Gasteiger partial charge is 0.119 e. The highest BCUT2D eigenvalue weighted by Gasteiger charge is 2.23. The molecule has 3 nitrogen and oxygen atoms in total. The normalized spacial score (nSPS) is 20.3. The van der Waals surface area contributed by atoms with Gasteiger partial charge < -0.3 is 15.0 Å². The van der Waals surface area contributed by atoms with Crippen LogP contribution < -0.4 is 10.1 Å². The van der Waals surface area contributed by atoms with Gasteiger partial charge in [-0.15, -0.1) is 0 Å². The van der Waals surface area contributed by atoms with Gasteiger partial charge in [0, 0.05) is 22.7 Å². The number of benzene rings is 2. The molecule has 0 bridgehead atoms. The van der Waals surface area contributed by atoms with E-state index >= 15 is 0 Å². The molecule has 4 rings (SSSR count). The Bertz CT molecular complexity index is 746. The summed E-state index contributed by atoms with van der Waals surface area (Å²) in [6.07, 6.45) is 6.15. The van der Waals surface area contributed by atoms with E-state index in [1.54, 1.807) is 7.11 Å². The summed E-state index contributed by atoms with van der Waals surface area (Å²) in [5, 5.41) is 3.69. The topological polar surface area (TPSA) is 24.5 Å². The Morgan fingerprint density at radius 1 is 1.15 bits per heavy atom. The van der Waals surface area contributed by atoms with Crippen LogP contribution in [0.15, 0.2) is 46.9 Å². The van der Waals surface area contributed by atoms with Crippen LogP contribution in [0, 0.1) is 5.92 Å². The zero-order valence-corrected chi connectivity index (χ0v) is 17.7. The number of hydrogen-bond acceptors (Lipinski definition) is 3. The molecule has 0 saturated carbocycles. The zero-order valence-electron chi connectivity index (χ0n) is 16.1. The number of fused-ring (bicyclic) bond motifs is 1. The molecular weight excluding hydrogens is 400 g/mol. The summed E-state index contributed by atoms with van der Waals surface area (Å²) in [5.41, 5.74) is 4.19. The fourth-order valence-electron chi connectivity index (χ4n) is 4.45. The van der Waals surface area contributed by atoms with Gasteiger partial charge in [0.1, 0.15) is 5.75 Å². The van der Waals surface area contributed by atoms with Crippen LogP contribution in [0.4, 0.5) is 5.69 Å². The number of likely N-dealkylation sites (tertiary alicyclic amines) is 1. The third kappa shape index (κ3) is 4.67. The van der Waals surface area contributed by atoms with Gasteiger partial charge in [-0.3, -0.25) is 0 Å². The van der Waals surface area contributed by atoms with Crippen LogP contribution in [0.5, 0.6) is 5.75 Å². The molecule has 0 radical (unpaired) electrons. The van der Waals surface area contributed by atoms with Gasteiger partial charge in [-0.25, -0.2) is 0 Å². The van der Waals surface area contributed by atoms with Crippen molar-refractivity contribution in [3.05, 3.63) is 58.1 Å². The number of nitrogens with one attached hydrogen (secondary N) is 1. The van der Waals surface area contributed by atoms with Gasteiger partial charge in [-0.2, -0.15) is 0 Å². The van der Waals surface area contributed by atoms with E-state index in [4.69, 9.17) is 4.74 Å². The largest absolute Gasteiger partial charge is 0.497 e. The number of methoxy groups -OCH3 is 1. The minimum absolute atomic E-state index is 0.605. The minimum atomic E-state index is 0.605. The van der Waals surface area contributed by atoms with Crippen LogP contribution >= 0.6 is 15.9 Å². The monoisotopic (exact) mass is 428 g/mol. The summed E-state index contributed by atoms with van der Waals surface area (Å²) in [7, 11) is 1.74. The lowest BCUT2D eigenvalue weighted by Gasteiger charge is -2.32. The third-order valence-electron chi connectivity index (χ3n) is 6.11. The van der Waals surface area contributed by atoms with Crippen molar-refractivity contribution in [2.75, 3.05) is 32.1 Å². The van der Waals surface area contributed by atoms with Crippen molar-refractivity contribution in [3.63, 3.8) is 0 Å². The van der Waals surface area contributed by atoms with Crippen molar-refractivity contribution in [3.8, 4) is 5.75 Å². The Labute approximate surface area is 171 Å². The SMILES string of the molecule is COc1ccc(Br)c(CC2CCN(CCC3Cc4ccccc4N3)CC2)c1. The van der Waals surface area contributed by atoms with Gasteiger partial charge >= 0.3 is 0 Å². The highest BCUT2D eigenvalue weighted by Crippen LogP contribution is 2.30. The lowest BCUT2D eigenvalue weighted by Crippen LogP contribution is -2.36. The number of piperidine rings is 1. The van der Waals surface area contributed by atoms with Gasteiger partial charge in [-0.05, 0) is 86.5 Å². The molecule has 1 unspecified atom stereocenters. The summed E-state index contributed by atoms with van der Waals surface area (Å²) in [5.74, 6) is 1.73. The summed E-state index contributed by atoms with van der Waals surface area (Å²) >= 11 is 3.70. The van der Waals surface area contributed by atoms with Crippen molar-refractivity contribution < 1.29 is 4.74 Å².